The van der Waals surface area contributed by atoms with Crippen LogP contribution in [0.1, 0.15) is 22.8 Å². The second-order valence-corrected chi connectivity index (χ2v) is 7.05. The van der Waals surface area contributed by atoms with E-state index in [9.17, 15) is 9.59 Å². The van der Waals surface area contributed by atoms with Gasteiger partial charge in [-0.05, 0) is 24.6 Å². The molecule has 3 rings (SSSR count). The summed E-state index contributed by atoms with van der Waals surface area (Å²) >= 11 is 0. The van der Waals surface area contributed by atoms with Crippen LogP contribution in [0.4, 0.5) is 0 Å². The van der Waals surface area contributed by atoms with E-state index in [0.29, 0.717) is 32.7 Å². The zero-order valence-electron chi connectivity index (χ0n) is 16.0. The molecule has 1 atom stereocenters. The van der Waals surface area contributed by atoms with Crippen molar-refractivity contribution in [3.63, 3.8) is 0 Å². The van der Waals surface area contributed by atoms with E-state index in [2.05, 4.69) is 4.90 Å². The second kappa shape index (κ2) is 8.82. The molecule has 5 heteroatoms. The maximum absolute atomic E-state index is 12.8. The average Bonchev–Trinajstić information content (AvgIpc) is 2.73. The number of carbonyl (C=O) groups excluding carboxylic acids is 2. The van der Waals surface area contributed by atoms with E-state index in [1.54, 1.807) is 4.90 Å². The fourth-order valence-corrected chi connectivity index (χ4v) is 3.49. The summed E-state index contributed by atoms with van der Waals surface area (Å²) in [6, 6.07) is 19.2. The molecule has 2 amide bonds. The van der Waals surface area contributed by atoms with E-state index in [1.165, 1.54) is 0 Å². The Hall–Kier alpha value is -2.66. The Morgan fingerprint density at radius 1 is 0.926 bits per heavy atom. The Bertz CT molecular complexity index is 756. The molecule has 1 saturated heterocycles. The van der Waals surface area contributed by atoms with Crippen molar-refractivity contribution in [1.82, 2.24) is 14.7 Å². The number of benzene rings is 2. The van der Waals surface area contributed by atoms with Gasteiger partial charge in [0.25, 0.3) is 5.91 Å². The van der Waals surface area contributed by atoms with Crippen LogP contribution in [0.5, 0.6) is 0 Å². The summed E-state index contributed by atoms with van der Waals surface area (Å²) in [6.07, 6.45) is 0. The molecule has 0 radical (unpaired) electrons. The lowest BCUT2D eigenvalue weighted by molar-refractivity contribution is -0.136. The van der Waals surface area contributed by atoms with E-state index < -0.39 is 0 Å². The zero-order valence-corrected chi connectivity index (χ0v) is 16.0. The summed E-state index contributed by atoms with van der Waals surface area (Å²) in [6.45, 7) is 5.28. The molecule has 1 heterocycles. The Morgan fingerprint density at radius 3 is 2.07 bits per heavy atom. The van der Waals surface area contributed by atoms with E-state index in [1.807, 2.05) is 79.5 Å². The molecule has 0 aromatic heterocycles. The van der Waals surface area contributed by atoms with E-state index in [0.717, 1.165) is 11.1 Å². The number of nitrogens with zero attached hydrogens (tertiary/aromatic N) is 3. The van der Waals surface area contributed by atoms with Gasteiger partial charge in [-0.2, -0.15) is 0 Å². The van der Waals surface area contributed by atoms with Gasteiger partial charge in [-0.3, -0.25) is 14.5 Å². The molecule has 1 aliphatic heterocycles. The van der Waals surface area contributed by atoms with Gasteiger partial charge in [-0.1, -0.05) is 48.5 Å². The number of rotatable bonds is 5. The van der Waals surface area contributed by atoms with Crippen LogP contribution in [0.25, 0.3) is 0 Å². The van der Waals surface area contributed by atoms with E-state index in [-0.39, 0.29) is 17.9 Å². The number of hydrogen-bond acceptors (Lipinski definition) is 3. The standard InChI is InChI=1S/C22H27N3O2/c1-18(21(26)23(2)17-19-9-5-3-6-10-19)24-13-15-25(16-14-24)22(27)20-11-7-4-8-12-20/h3-12,18H,13-17H2,1-2H3. The summed E-state index contributed by atoms with van der Waals surface area (Å²) in [7, 11) is 1.85. The largest absolute Gasteiger partial charge is 0.340 e. The van der Waals surface area contributed by atoms with Crippen molar-refractivity contribution in [3.8, 4) is 0 Å². The first kappa shape index (κ1) is 19.1. The van der Waals surface area contributed by atoms with Crippen molar-refractivity contribution in [2.24, 2.45) is 0 Å². The summed E-state index contributed by atoms with van der Waals surface area (Å²) in [5.74, 6) is 0.178. The molecule has 0 bridgehead atoms. The van der Waals surface area contributed by atoms with Crippen LogP contribution in [0.15, 0.2) is 60.7 Å². The van der Waals surface area contributed by atoms with Gasteiger partial charge >= 0.3 is 0 Å². The first-order valence-corrected chi connectivity index (χ1v) is 9.43. The summed E-state index contributed by atoms with van der Waals surface area (Å²) < 4.78 is 0. The average molecular weight is 365 g/mol. The monoisotopic (exact) mass is 365 g/mol. The molecule has 1 aliphatic rings. The lowest BCUT2D eigenvalue weighted by Gasteiger charge is -2.38. The van der Waals surface area contributed by atoms with E-state index >= 15 is 0 Å². The molecule has 0 saturated carbocycles. The van der Waals surface area contributed by atoms with Gasteiger partial charge in [0.05, 0.1) is 6.04 Å². The van der Waals surface area contributed by atoms with E-state index in [4.69, 9.17) is 0 Å². The van der Waals surface area contributed by atoms with Crippen LogP contribution < -0.4 is 0 Å². The van der Waals surface area contributed by atoms with Crippen LogP contribution >= 0.6 is 0 Å². The molecule has 142 valence electrons. The molecule has 1 unspecified atom stereocenters. The lowest BCUT2D eigenvalue weighted by atomic mass is 10.1. The first-order chi connectivity index (χ1) is 13.1. The lowest BCUT2D eigenvalue weighted by Crippen LogP contribution is -2.55. The molecule has 0 N–H and O–H groups in total. The minimum atomic E-state index is -0.187. The Kier molecular flexibility index (Phi) is 6.24. The molecule has 1 fully saturated rings. The highest BCUT2D eigenvalue weighted by molar-refractivity contribution is 5.94. The van der Waals surface area contributed by atoms with Crippen molar-refractivity contribution in [2.45, 2.75) is 19.5 Å². The van der Waals surface area contributed by atoms with Gasteiger partial charge in [-0.15, -0.1) is 0 Å². The van der Waals surface area contributed by atoms with Crippen LogP contribution in [-0.4, -0.2) is 65.8 Å². The molecular weight excluding hydrogens is 338 g/mol. The molecule has 27 heavy (non-hydrogen) atoms. The predicted molar refractivity (Wildman–Crippen MR) is 106 cm³/mol. The number of hydrogen-bond donors (Lipinski definition) is 0. The molecule has 2 aromatic carbocycles. The summed E-state index contributed by atoms with van der Waals surface area (Å²) in [4.78, 5) is 31.2. The fourth-order valence-electron chi connectivity index (χ4n) is 3.49. The van der Waals surface area contributed by atoms with Crippen LogP contribution in [0, 0.1) is 0 Å². The Balaban J connectivity index is 1.52. The summed E-state index contributed by atoms with van der Waals surface area (Å²) in [5.41, 5.74) is 1.84. The smallest absolute Gasteiger partial charge is 0.253 e. The maximum atomic E-state index is 12.8. The SMILES string of the molecule is CC(C(=O)N(C)Cc1ccccc1)N1CCN(C(=O)c2ccccc2)CC1. The van der Waals surface area contributed by atoms with Crippen molar-refractivity contribution in [1.29, 1.82) is 0 Å². The molecule has 0 spiro atoms. The maximum Gasteiger partial charge on any atom is 0.253 e. The van der Waals surface area contributed by atoms with Crippen LogP contribution in [0.3, 0.4) is 0 Å². The van der Waals surface area contributed by atoms with Crippen LogP contribution in [0.2, 0.25) is 0 Å². The molecule has 2 aromatic rings. The zero-order chi connectivity index (χ0) is 19.2. The summed E-state index contributed by atoms with van der Waals surface area (Å²) in [5, 5.41) is 0. The fraction of sp³-hybridized carbons (Fsp3) is 0.364. The highest BCUT2D eigenvalue weighted by atomic mass is 16.2. The van der Waals surface area contributed by atoms with Crippen LogP contribution in [-0.2, 0) is 11.3 Å². The van der Waals surface area contributed by atoms with Gasteiger partial charge in [0, 0.05) is 45.3 Å². The van der Waals surface area contributed by atoms with Gasteiger partial charge in [0.2, 0.25) is 5.91 Å². The second-order valence-electron chi connectivity index (χ2n) is 7.05. The van der Waals surface area contributed by atoms with Gasteiger partial charge in [0.1, 0.15) is 0 Å². The number of carbonyl (C=O) groups is 2. The van der Waals surface area contributed by atoms with Gasteiger partial charge in [0.15, 0.2) is 0 Å². The Labute approximate surface area is 161 Å². The minimum Gasteiger partial charge on any atom is -0.340 e. The minimum absolute atomic E-state index is 0.0652. The topological polar surface area (TPSA) is 43.9 Å². The van der Waals surface area contributed by atoms with Crippen molar-refractivity contribution >= 4 is 11.8 Å². The third kappa shape index (κ3) is 4.74. The normalized spacial score (nSPS) is 16.0. The van der Waals surface area contributed by atoms with Crippen molar-refractivity contribution in [2.75, 3.05) is 33.2 Å². The number of amides is 2. The van der Waals surface area contributed by atoms with Crippen molar-refractivity contribution in [3.05, 3.63) is 71.8 Å². The van der Waals surface area contributed by atoms with Gasteiger partial charge in [-0.25, -0.2) is 0 Å². The number of piperazine rings is 1. The molecular formula is C22H27N3O2. The van der Waals surface area contributed by atoms with Crippen molar-refractivity contribution < 1.29 is 9.59 Å². The first-order valence-electron chi connectivity index (χ1n) is 9.43. The highest BCUT2D eigenvalue weighted by Gasteiger charge is 2.29. The predicted octanol–water partition coefficient (Wildman–Crippen LogP) is 2.49. The molecule has 0 aliphatic carbocycles. The quantitative estimate of drug-likeness (QED) is 0.818. The third-order valence-electron chi connectivity index (χ3n) is 5.17. The third-order valence-corrected chi connectivity index (χ3v) is 5.17. The number of likely N-dealkylation sites (N-methyl/N-ethyl adjacent to an activating group) is 1. The van der Waals surface area contributed by atoms with Gasteiger partial charge < -0.3 is 9.80 Å². The molecule has 5 nitrogen and oxygen atoms in total. The highest BCUT2D eigenvalue weighted by Crippen LogP contribution is 2.13. The Morgan fingerprint density at radius 2 is 1.48 bits per heavy atom.